The lowest BCUT2D eigenvalue weighted by Gasteiger charge is -2.20. The lowest BCUT2D eigenvalue weighted by molar-refractivity contribution is 0.475. The van der Waals surface area contributed by atoms with E-state index in [2.05, 4.69) is 74.5 Å². The van der Waals surface area contributed by atoms with E-state index >= 15 is 0 Å². The number of unbranched alkanes of at least 4 members (excludes halogenated alkanes) is 2. The molecule has 0 aliphatic heterocycles. The molecule has 0 saturated heterocycles. The Labute approximate surface area is 171 Å². The lowest BCUT2D eigenvalue weighted by atomic mass is 10.1. The summed E-state index contributed by atoms with van der Waals surface area (Å²) in [7, 11) is -0.620. The molecule has 146 valence electrons. The molecule has 3 aromatic carbocycles. The Morgan fingerprint density at radius 1 is 0.571 bits per heavy atom. The van der Waals surface area contributed by atoms with Gasteiger partial charge < -0.3 is 5.11 Å². The molecule has 0 unspecified atom stereocenters. The van der Waals surface area contributed by atoms with E-state index < -0.39 is 7.92 Å². The summed E-state index contributed by atoms with van der Waals surface area (Å²) in [5.41, 5.74) is 2.84. The van der Waals surface area contributed by atoms with E-state index in [1.54, 1.807) is 12.1 Å². The van der Waals surface area contributed by atoms with Crippen molar-refractivity contribution in [2.75, 3.05) is 0 Å². The number of aromatic hydroxyl groups is 1. The molecule has 0 saturated carbocycles. The fraction of sp³-hybridized carbons (Fsp3) is 0.308. The van der Waals surface area contributed by atoms with Crippen molar-refractivity contribution >= 4 is 23.8 Å². The zero-order chi connectivity index (χ0) is 19.8. The van der Waals surface area contributed by atoms with Gasteiger partial charge in [0, 0.05) is 0 Å². The molecule has 28 heavy (non-hydrogen) atoms. The Morgan fingerprint density at radius 2 is 0.929 bits per heavy atom. The highest BCUT2D eigenvalue weighted by molar-refractivity contribution is 7.79. The maximum Gasteiger partial charge on any atom is 0.115 e. The van der Waals surface area contributed by atoms with Crippen LogP contribution >= 0.6 is 7.92 Å². The number of hydrogen-bond acceptors (Lipinski definition) is 1. The summed E-state index contributed by atoms with van der Waals surface area (Å²) in [5.74, 6) is 0.323. The van der Waals surface area contributed by atoms with Crippen molar-refractivity contribution in [1.82, 2.24) is 0 Å². The first kappa shape index (κ1) is 20.6. The zero-order valence-electron chi connectivity index (χ0n) is 17.1. The summed E-state index contributed by atoms with van der Waals surface area (Å²) in [6.45, 7) is 4.48. The minimum atomic E-state index is -0.620. The van der Waals surface area contributed by atoms with Crippen LogP contribution < -0.4 is 15.9 Å². The molecular weight excluding hydrogens is 359 g/mol. The standard InChI is InChI=1S/C26H31OP/c1-3-5-7-21-9-15-24(16-10-21)28(26-19-13-23(27)14-20-26)25-17-11-22(12-18-25)8-6-4-2/h9-20,27H,3-8H2,1-2H3. The smallest absolute Gasteiger partial charge is 0.115 e. The van der Waals surface area contributed by atoms with Gasteiger partial charge in [0.25, 0.3) is 0 Å². The van der Waals surface area contributed by atoms with Gasteiger partial charge in [0.1, 0.15) is 5.75 Å². The van der Waals surface area contributed by atoms with Gasteiger partial charge in [-0.1, -0.05) is 87.4 Å². The van der Waals surface area contributed by atoms with Crippen molar-refractivity contribution < 1.29 is 5.11 Å². The van der Waals surface area contributed by atoms with Crippen molar-refractivity contribution in [3.8, 4) is 5.75 Å². The van der Waals surface area contributed by atoms with Crippen molar-refractivity contribution in [3.63, 3.8) is 0 Å². The molecule has 0 bridgehead atoms. The first-order valence-electron chi connectivity index (χ1n) is 10.5. The van der Waals surface area contributed by atoms with Crippen LogP contribution in [0.1, 0.15) is 50.7 Å². The first-order chi connectivity index (χ1) is 13.7. The summed E-state index contributed by atoms with van der Waals surface area (Å²) >= 11 is 0. The van der Waals surface area contributed by atoms with Crippen molar-refractivity contribution in [1.29, 1.82) is 0 Å². The van der Waals surface area contributed by atoms with Gasteiger partial charge in [0.15, 0.2) is 0 Å². The van der Waals surface area contributed by atoms with Crippen LogP contribution in [0.2, 0.25) is 0 Å². The highest BCUT2D eigenvalue weighted by Gasteiger charge is 2.16. The van der Waals surface area contributed by atoms with Gasteiger partial charge in [0.2, 0.25) is 0 Å². The van der Waals surface area contributed by atoms with Crippen LogP contribution in [0.15, 0.2) is 72.8 Å². The predicted octanol–water partition coefficient (Wildman–Crippen LogP) is 5.84. The molecule has 0 heterocycles. The van der Waals surface area contributed by atoms with Crippen LogP contribution in [0.25, 0.3) is 0 Å². The molecule has 3 rings (SSSR count). The van der Waals surface area contributed by atoms with Gasteiger partial charge in [-0.15, -0.1) is 0 Å². The average Bonchev–Trinajstić information content (AvgIpc) is 2.74. The van der Waals surface area contributed by atoms with Crippen LogP contribution in [-0.4, -0.2) is 5.11 Å². The molecule has 0 fully saturated rings. The zero-order valence-corrected chi connectivity index (χ0v) is 18.0. The Balaban J connectivity index is 1.92. The minimum Gasteiger partial charge on any atom is -0.508 e. The van der Waals surface area contributed by atoms with Gasteiger partial charge >= 0.3 is 0 Å². The number of aryl methyl sites for hydroxylation is 2. The molecule has 0 radical (unpaired) electrons. The van der Waals surface area contributed by atoms with E-state index in [0.29, 0.717) is 5.75 Å². The number of phenols is 1. The third-order valence-corrected chi connectivity index (χ3v) is 7.58. The summed E-state index contributed by atoms with van der Waals surface area (Å²) in [4.78, 5) is 0. The predicted molar refractivity (Wildman–Crippen MR) is 124 cm³/mol. The second-order valence-corrected chi connectivity index (χ2v) is 9.61. The summed E-state index contributed by atoms with van der Waals surface area (Å²) in [5, 5.41) is 13.7. The minimum absolute atomic E-state index is 0.323. The lowest BCUT2D eigenvalue weighted by Crippen LogP contribution is -2.20. The highest BCUT2D eigenvalue weighted by atomic mass is 31.1. The fourth-order valence-electron chi connectivity index (χ4n) is 3.43. The quantitative estimate of drug-likeness (QED) is 0.455. The van der Waals surface area contributed by atoms with E-state index in [1.165, 1.54) is 52.7 Å². The average molecular weight is 391 g/mol. The van der Waals surface area contributed by atoms with Gasteiger partial charge in [0.05, 0.1) is 0 Å². The second kappa shape index (κ2) is 10.4. The summed E-state index contributed by atoms with van der Waals surface area (Å²) < 4.78 is 0. The molecule has 0 atom stereocenters. The van der Waals surface area contributed by atoms with Crippen molar-refractivity contribution in [2.45, 2.75) is 52.4 Å². The summed E-state index contributed by atoms with van der Waals surface area (Å²) in [6, 6.07) is 26.1. The normalized spacial score (nSPS) is 11.1. The van der Waals surface area contributed by atoms with E-state index in [0.717, 1.165) is 12.8 Å². The molecule has 0 spiro atoms. The Bertz CT molecular complexity index is 784. The number of hydrogen-bond donors (Lipinski definition) is 1. The van der Waals surface area contributed by atoms with Crippen LogP contribution in [0.4, 0.5) is 0 Å². The number of benzene rings is 3. The molecular formula is C26H31OP. The van der Waals surface area contributed by atoms with E-state index in [4.69, 9.17) is 0 Å². The SMILES string of the molecule is CCCCc1ccc(P(c2ccc(O)cc2)c2ccc(CCCC)cc2)cc1. The van der Waals surface area contributed by atoms with Gasteiger partial charge in [-0.05, 0) is 72.8 Å². The molecule has 3 aromatic rings. The maximum absolute atomic E-state index is 9.72. The molecule has 1 nitrogen and oxygen atoms in total. The third-order valence-electron chi connectivity index (χ3n) is 5.13. The second-order valence-electron chi connectivity index (χ2n) is 7.39. The molecule has 2 heteroatoms. The van der Waals surface area contributed by atoms with Gasteiger partial charge in [-0.2, -0.15) is 0 Å². The maximum atomic E-state index is 9.72. The van der Waals surface area contributed by atoms with E-state index in [1.807, 2.05) is 0 Å². The van der Waals surface area contributed by atoms with Crippen molar-refractivity contribution in [3.05, 3.63) is 83.9 Å². The van der Waals surface area contributed by atoms with Gasteiger partial charge in [-0.3, -0.25) is 0 Å². The van der Waals surface area contributed by atoms with E-state index in [9.17, 15) is 5.11 Å². The van der Waals surface area contributed by atoms with Crippen LogP contribution in [0.3, 0.4) is 0 Å². The Hall–Kier alpha value is -2.11. The highest BCUT2D eigenvalue weighted by Crippen LogP contribution is 2.33. The van der Waals surface area contributed by atoms with Gasteiger partial charge in [-0.25, -0.2) is 0 Å². The number of rotatable bonds is 9. The van der Waals surface area contributed by atoms with Crippen LogP contribution in [-0.2, 0) is 12.8 Å². The molecule has 0 aromatic heterocycles. The number of phenolic OH excluding ortho intramolecular Hbond substituents is 1. The fourth-order valence-corrected chi connectivity index (χ4v) is 5.67. The third kappa shape index (κ3) is 5.46. The molecule has 0 amide bonds. The Morgan fingerprint density at radius 3 is 1.29 bits per heavy atom. The van der Waals surface area contributed by atoms with E-state index in [-0.39, 0.29) is 0 Å². The Kier molecular flexibility index (Phi) is 7.69. The molecule has 1 N–H and O–H groups in total. The van der Waals surface area contributed by atoms with Crippen LogP contribution in [0, 0.1) is 0 Å². The van der Waals surface area contributed by atoms with Crippen LogP contribution in [0.5, 0.6) is 5.75 Å². The largest absolute Gasteiger partial charge is 0.508 e. The topological polar surface area (TPSA) is 20.2 Å². The summed E-state index contributed by atoms with van der Waals surface area (Å²) in [6.07, 6.45) is 7.25. The monoisotopic (exact) mass is 390 g/mol. The molecule has 0 aliphatic rings. The first-order valence-corrected chi connectivity index (χ1v) is 11.8. The molecule has 0 aliphatic carbocycles. The van der Waals surface area contributed by atoms with Crippen molar-refractivity contribution in [2.24, 2.45) is 0 Å².